The summed E-state index contributed by atoms with van der Waals surface area (Å²) in [4.78, 5) is 52.4. The zero-order valence-corrected chi connectivity index (χ0v) is 21.6. The Hall–Kier alpha value is -3.92. The highest BCUT2D eigenvalue weighted by molar-refractivity contribution is 5.88. The number of rotatable bonds is 13. The Morgan fingerprint density at radius 3 is 2.26 bits per heavy atom. The van der Waals surface area contributed by atoms with Crippen molar-refractivity contribution in [3.63, 3.8) is 0 Å². The number of carboxylic acid groups (broad SMARTS) is 2. The highest BCUT2D eigenvalue weighted by Crippen LogP contribution is 2.27. The minimum Gasteiger partial charge on any atom is -0.480 e. The van der Waals surface area contributed by atoms with Crippen LogP contribution in [0.4, 0.5) is 4.79 Å². The van der Waals surface area contributed by atoms with Gasteiger partial charge in [0.15, 0.2) is 0 Å². The molecular weight excluding hydrogens is 488 g/mol. The van der Waals surface area contributed by atoms with Crippen LogP contribution in [-0.4, -0.2) is 75.6 Å². The van der Waals surface area contributed by atoms with E-state index in [-0.39, 0.29) is 19.4 Å². The lowest BCUT2D eigenvalue weighted by Gasteiger charge is -2.40. The van der Waals surface area contributed by atoms with Gasteiger partial charge in [0.2, 0.25) is 5.91 Å². The number of hydrogen-bond donors (Lipinski definition) is 4. The van der Waals surface area contributed by atoms with Crippen molar-refractivity contribution in [3.8, 4) is 0 Å². The molecule has 38 heavy (non-hydrogen) atoms. The van der Waals surface area contributed by atoms with Crippen LogP contribution in [0.3, 0.4) is 0 Å². The predicted molar refractivity (Wildman–Crippen MR) is 141 cm³/mol. The molecule has 0 aromatic heterocycles. The summed E-state index contributed by atoms with van der Waals surface area (Å²) in [6.45, 7) is 0.465. The lowest BCUT2D eigenvalue weighted by molar-refractivity contribution is -0.156. The normalized spacial score (nSPS) is 16.4. The van der Waals surface area contributed by atoms with Gasteiger partial charge in [0.25, 0.3) is 0 Å². The number of aliphatic carboxylic acids is 2. The summed E-state index contributed by atoms with van der Waals surface area (Å²) in [5.41, 5.74) is 7.88. The zero-order chi connectivity index (χ0) is 27.7. The molecule has 1 aliphatic rings. The number of amides is 3. The first-order valence-corrected chi connectivity index (χ1v) is 12.8. The van der Waals surface area contributed by atoms with Crippen LogP contribution in [0.2, 0.25) is 0 Å². The molecule has 0 radical (unpaired) electrons. The summed E-state index contributed by atoms with van der Waals surface area (Å²) in [6, 6.07) is 13.5. The van der Waals surface area contributed by atoms with E-state index >= 15 is 0 Å². The molecule has 0 saturated carbocycles. The van der Waals surface area contributed by atoms with E-state index in [1.807, 2.05) is 54.6 Å². The van der Waals surface area contributed by atoms with Gasteiger partial charge in [-0.3, -0.25) is 14.5 Å². The molecule has 10 nitrogen and oxygen atoms in total. The number of carbonyl (C=O) groups is 4. The summed E-state index contributed by atoms with van der Waals surface area (Å²) >= 11 is 0. The van der Waals surface area contributed by atoms with Gasteiger partial charge in [0.1, 0.15) is 12.1 Å². The topological polar surface area (TPSA) is 153 Å². The molecule has 2 aromatic carbocycles. The molecule has 10 heteroatoms. The lowest BCUT2D eigenvalue weighted by Crippen LogP contribution is -2.57. The SMILES string of the molecule is CN([C@@H](CCc1ccccc1)C(=O)O)[C@@H](CCCCNC(N)=O)C(=O)N1Cc2ccccc2CC1C(=O)O. The summed E-state index contributed by atoms with van der Waals surface area (Å²) in [6.07, 6.45) is 2.33. The number of urea groups is 1. The number of nitrogens with one attached hydrogen (secondary N) is 1. The van der Waals surface area contributed by atoms with Crippen molar-refractivity contribution < 1.29 is 29.4 Å². The molecule has 2 aromatic rings. The lowest BCUT2D eigenvalue weighted by atomic mass is 9.92. The molecule has 204 valence electrons. The number of primary amides is 1. The average molecular weight is 525 g/mol. The maximum atomic E-state index is 14.0. The Kier molecular flexibility index (Phi) is 10.2. The van der Waals surface area contributed by atoms with Crippen molar-refractivity contribution in [1.29, 1.82) is 0 Å². The highest BCUT2D eigenvalue weighted by Gasteiger charge is 2.40. The third-order valence-electron chi connectivity index (χ3n) is 7.12. The molecule has 0 aliphatic carbocycles. The van der Waals surface area contributed by atoms with E-state index in [9.17, 15) is 29.4 Å². The van der Waals surface area contributed by atoms with Gasteiger partial charge in [0, 0.05) is 19.5 Å². The average Bonchev–Trinajstić information content (AvgIpc) is 2.89. The molecule has 3 atom stereocenters. The number of fused-ring (bicyclic) bond motifs is 1. The van der Waals surface area contributed by atoms with Gasteiger partial charge in [0.05, 0.1) is 6.04 Å². The maximum Gasteiger partial charge on any atom is 0.326 e. The summed E-state index contributed by atoms with van der Waals surface area (Å²) in [7, 11) is 1.61. The Morgan fingerprint density at radius 1 is 0.974 bits per heavy atom. The first kappa shape index (κ1) is 28.6. The van der Waals surface area contributed by atoms with E-state index in [0.29, 0.717) is 32.2 Å². The molecule has 1 heterocycles. The van der Waals surface area contributed by atoms with Crippen LogP contribution >= 0.6 is 0 Å². The molecular formula is C28H36N4O6. The van der Waals surface area contributed by atoms with Gasteiger partial charge in [-0.1, -0.05) is 54.6 Å². The first-order chi connectivity index (χ1) is 18.2. The van der Waals surface area contributed by atoms with Crippen LogP contribution in [0.25, 0.3) is 0 Å². The maximum absolute atomic E-state index is 14.0. The minimum atomic E-state index is -1.10. The van der Waals surface area contributed by atoms with Crippen LogP contribution in [0.1, 0.15) is 42.4 Å². The quantitative estimate of drug-likeness (QED) is 0.293. The molecule has 5 N–H and O–H groups in total. The highest BCUT2D eigenvalue weighted by atomic mass is 16.4. The molecule has 3 rings (SSSR count). The largest absolute Gasteiger partial charge is 0.480 e. The van der Waals surface area contributed by atoms with Gasteiger partial charge in [-0.2, -0.15) is 0 Å². The Bertz CT molecular complexity index is 1130. The fourth-order valence-electron chi connectivity index (χ4n) is 5.01. The number of unbranched alkanes of at least 4 members (excludes halogenated alkanes) is 1. The fraction of sp³-hybridized carbons (Fsp3) is 0.429. The van der Waals surface area contributed by atoms with Crippen LogP contribution in [-0.2, 0) is 33.8 Å². The van der Waals surface area contributed by atoms with E-state index in [2.05, 4.69) is 5.32 Å². The molecule has 1 aliphatic heterocycles. The number of hydrogen-bond acceptors (Lipinski definition) is 5. The number of aryl methyl sites for hydroxylation is 1. The number of carbonyl (C=O) groups excluding carboxylic acids is 2. The molecule has 0 saturated heterocycles. The van der Waals surface area contributed by atoms with Crippen molar-refractivity contribution in [3.05, 3.63) is 71.3 Å². The molecule has 1 unspecified atom stereocenters. The van der Waals surface area contributed by atoms with Crippen LogP contribution in [0.15, 0.2) is 54.6 Å². The van der Waals surface area contributed by atoms with Crippen molar-refractivity contribution in [1.82, 2.24) is 15.1 Å². The van der Waals surface area contributed by atoms with Gasteiger partial charge in [-0.25, -0.2) is 9.59 Å². The second-order valence-electron chi connectivity index (χ2n) is 9.64. The molecule has 3 amide bonds. The number of benzene rings is 2. The van der Waals surface area contributed by atoms with E-state index in [4.69, 9.17) is 5.73 Å². The number of likely N-dealkylation sites (N-methyl/N-ethyl adjacent to an activating group) is 1. The van der Waals surface area contributed by atoms with E-state index in [0.717, 1.165) is 16.7 Å². The number of carboxylic acids is 2. The van der Waals surface area contributed by atoms with Crippen molar-refractivity contribution >= 4 is 23.9 Å². The molecule has 0 spiro atoms. The third-order valence-corrected chi connectivity index (χ3v) is 7.12. The van der Waals surface area contributed by atoms with Crippen LogP contribution in [0, 0.1) is 0 Å². The number of nitrogens with zero attached hydrogens (tertiary/aromatic N) is 2. The van der Waals surface area contributed by atoms with Gasteiger partial charge < -0.3 is 26.2 Å². The molecule has 0 bridgehead atoms. The Labute approximate surface area is 222 Å². The van der Waals surface area contributed by atoms with Gasteiger partial charge in [-0.05, 0) is 55.8 Å². The fourth-order valence-corrected chi connectivity index (χ4v) is 5.01. The van der Waals surface area contributed by atoms with Gasteiger partial charge >= 0.3 is 18.0 Å². The Balaban J connectivity index is 1.84. The minimum absolute atomic E-state index is 0.140. The van der Waals surface area contributed by atoms with E-state index < -0.39 is 42.0 Å². The summed E-state index contributed by atoms with van der Waals surface area (Å²) < 4.78 is 0. The summed E-state index contributed by atoms with van der Waals surface area (Å²) in [5.74, 6) is -2.56. The summed E-state index contributed by atoms with van der Waals surface area (Å²) in [5, 5.41) is 22.5. The van der Waals surface area contributed by atoms with Crippen molar-refractivity contribution in [2.45, 2.75) is 63.2 Å². The van der Waals surface area contributed by atoms with E-state index in [1.165, 1.54) is 4.90 Å². The predicted octanol–water partition coefficient (Wildman–Crippen LogP) is 2.25. The van der Waals surface area contributed by atoms with E-state index in [1.54, 1.807) is 11.9 Å². The molecule has 0 fully saturated rings. The Morgan fingerprint density at radius 2 is 1.63 bits per heavy atom. The van der Waals surface area contributed by atoms with Crippen molar-refractivity contribution in [2.75, 3.05) is 13.6 Å². The third kappa shape index (κ3) is 7.55. The van der Waals surface area contributed by atoms with Crippen molar-refractivity contribution in [2.24, 2.45) is 5.73 Å². The monoisotopic (exact) mass is 524 g/mol. The second kappa shape index (κ2) is 13.6. The number of nitrogens with two attached hydrogens (primary N) is 1. The zero-order valence-electron chi connectivity index (χ0n) is 21.6. The van der Waals surface area contributed by atoms with Crippen LogP contribution in [0.5, 0.6) is 0 Å². The van der Waals surface area contributed by atoms with Gasteiger partial charge in [-0.15, -0.1) is 0 Å². The smallest absolute Gasteiger partial charge is 0.326 e. The standard InChI is InChI=1S/C28H36N4O6/c1-31(23(26(34)35)15-14-19-9-3-2-4-10-19)22(13-7-8-16-30-28(29)38)25(33)32-18-21-12-6-5-11-20(21)17-24(32)27(36)37/h2-6,9-12,22-24H,7-8,13-18H2,1H3,(H,34,35)(H,36,37)(H3,29,30,38)/t22-,23-,24?/m0/s1. The first-order valence-electron chi connectivity index (χ1n) is 12.8. The van der Waals surface area contributed by atoms with Crippen LogP contribution < -0.4 is 11.1 Å². The second-order valence-corrected chi connectivity index (χ2v) is 9.64.